The monoisotopic (exact) mass is 361 g/mol. The minimum Gasteiger partial charge on any atom is -0.435 e. The average molecular weight is 361 g/mol. The van der Waals surface area contributed by atoms with Crippen LogP contribution in [0.3, 0.4) is 0 Å². The lowest BCUT2D eigenvalue weighted by Gasteiger charge is -2.10. The average Bonchev–Trinajstić information content (AvgIpc) is 2.97. The molecule has 0 spiro atoms. The summed E-state index contributed by atoms with van der Waals surface area (Å²) in [6, 6.07) is 12.9. The number of alkyl halides is 2. The Hall–Kier alpha value is -3.00. The van der Waals surface area contributed by atoms with E-state index in [1.54, 1.807) is 4.57 Å². The van der Waals surface area contributed by atoms with E-state index in [9.17, 15) is 13.6 Å². The number of carbonyl (C=O) groups is 1. The number of hydrogen-bond acceptors (Lipinski definition) is 5. The van der Waals surface area contributed by atoms with E-state index in [4.69, 9.17) is 5.11 Å². The zero-order valence-electron chi connectivity index (χ0n) is 13.7. The normalized spacial score (nSPS) is 11.1. The second-order valence-corrected chi connectivity index (χ2v) is 5.49. The molecule has 0 amide bonds. The van der Waals surface area contributed by atoms with Crippen molar-refractivity contribution in [3.8, 4) is 5.75 Å². The van der Waals surface area contributed by atoms with Crippen LogP contribution < -0.4 is 10.1 Å². The van der Waals surface area contributed by atoms with E-state index in [1.165, 1.54) is 24.3 Å². The summed E-state index contributed by atoms with van der Waals surface area (Å²) in [5, 5.41) is 12.0. The van der Waals surface area contributed by atoms with Crippen LogP contribution in [0.5, 0.6) is 5.75 Å². The van der Waals surface area contributed by atoms with Crippen LogP contribution in [0.15, 0.2) is 48.5 Å². The first-order valence-electron chi connectivity index (χ1n) is 7.96. The Balaban J connectivity index is 1.84. The molecule has 2 aromatic carbocycles. The highest BCUT2D eigenvalue weighted by Crippen LogP contribution is 2.21. The number of para-hydroxylation sites is 2. The maximum absolute atomic E-state index is 12.6. The summed E-state index contributed by atoms with van der Waals surface area (Å²) in [6.45, 7) is -2.66. The van der Waals surface area contributed by atoms with Gasteiger partial charge in [-0.15, -0.1) is 0 Å². The molecule has 1 heterocycles. The van der Waals surface area contributed by atoms with Gasteiger partial charge in [-0.1, -0.05) is 12.1 Å². The first-order chi connectivity index (χ1) is 12.6. The highest BCUT2D eigenvalue weighted by atomic mass is 19.3. The highest BCUT2D eigenvalue weighted by molar-refractivity contribution is 5.97. The van der Waals surface area contributed by atoms with Crippen LogP contribution in [0, 0.1) is 0 Å². The predicted molar refractivity (Wildman–Crippen MR) is 92.7 cm³/mol. The molecule has 0 aliphatic heterocycles. The Kier molecular flexibility index (Phi) is 5.43. The van der Waals surface area contributed by atoms with Gasteiger partial charge in [0.15, 0.2) is 5.78 Å². The number of hydrogen-bond donors (Lipinski definition) is 2. The fraction of sp³-hybridized carbons (Fsp3) is 0.222. The molecule has 3 aromatic rings. The van der Waals surface area contributed by atoms with E-state index >= 15 is 0 Å². The van der Waals surface area contributed by atoms with Crippen molar-refractivity contribution in [2.24, 2.45) is 0 Å². The second-order valence-electron chi connectivity index (χ2n) is 5.49. The van der Waals surface area contributed by atoms with Crippen molar-refractivity contribution in [3.63, 3.8) is 0 Å². The third kappa shape index (κ3) is 3.97. The number of anilines is 1. The molecule has 0 radical (unpaired) electrons. The standard InChI is InChI=1S/C18H17F2N3O3/c19-17(20)26-13-7-5-12(6-8-13)16(25)11-23-15-4-2-1-3-14(15)22-18(23)21-9-10-24/h1-8,17,24H,9-11H2,(H,21,22). The lowest BCUT2D eigenvalue weighted by Crippen LogP contribution is -2.16. The van der Waals surface area contributed by atoms with E-state index in [0.717, 1.165) is 11.0 Å². The van der Waals surface area contributed by atoms with Crippen molar-refractivity contribution in [2.75, 3.05) is 18.5 Å². The quantitative estimate of drug-likeness (QED) is 0.604. The topological polar surface area (TPSA) is 76.4 Å². The Bertz CT molecular complexity index is 894. The lowest BCUT2D eigenvalue weighted by atomic mass is 10.1. The molecule has 0 bridgehead atoms. The van der Waals surface area contributed by atoms with Crippen LogP contribution in [0.2, 0.25) is 0 Å². The van der Waals surface area contributed by atoms with Gasteiger partial charge >= 0.3 is 6.61 Å². The van der Waals surface area contributed by atoms with Gasteiger partial charge in [-0.05, 0) is 36.4 Å². The molecule has 6 nitrogen and oxygen atoms in total. The third-order valence-electron chi connectivity index (χ3n) is 3.75. The number of benzene rings is 2. The number of nitrogens with zero attached hydrogens (tertiary/aromatic N) is 2. The molecule has 8 heteroatoms. The van der Waals surface area contributed by atoms with Crippen LogP contribution >= 0.6 is 0 Å². The first-order valence-corrected chi connectivity index (χ1v) is 7.96. The van der Waals surface area contributed by atoms with Gasteiger partial charge in [0.25, 0.3) is 0 Å². The second kappa shape index (κ2) is 7.92. The number of Topliss-reactive ketones (excluding diaryl/α,β-unsaturated/α-hetero) is 1. The molecule has 2 N–H and O–H groups in total. The largest absolute Gasteiger partial charge is 0.435 e. The fourth-order valence-electron chi connectivity index (χ4n) is 2.60. The number of imidazole rings is 1. The van der Waals surface area contributed by atoms with Gasteiger partial charge in [-0.3, -0.25) is 4.79 Å². The smallest absolute Gasteiger partial charge is 0.387 e. The van der Waals surface area contributed by atoms with Gasteiger partial charge in [0, 0.05) is 12.1 Å². The number of nitrogens with one attached hydrogen (secondary N) is 1. The number of ketones is 1. The molecule has 1 aromatic heterocycles. The van der Waals surface area contributed by atoms with Gasteiger partial charge in [-0.25, -0.2) is 4.98 Å². The summed E-state index contributed by atoms with van der Waals surface area (Å²) in [5.74, 6) is 0.269. The van der Waals surface area contributed by atoms with Crippen molar-refractivity contribution in [1.82, 2.24) is 9.55 Å². The first kappa shape index (κ1) is 17.8. The van der Waals surface area contributed by atoms with E-state index in [-0.39, 0.29) is 24.7 Å². The number of aliphatic hydroxyl groups is 1. The lowest BCUT2D eigenvalue weighted by molar-refractivity contribution is -0.0498. The van der Waals surface area contributed by atoms with E-state index in [2.05, 4.69) is 15.0 Å². The minimum atomic E-state index is -2.91. The summed E-state index contributed by atoms with van der Waals surface area (Å²) in [7, 11) is 0. The Labute approximate surface area is 148 Å². The van der Waals surface area contributed by atoms with E-state index in [0.29, 0.717) is 18.1 Å². The van der Waals surface area contributed by atoms with Crippen molar-refractivity contribution in [2.45, 2.75) is 13.2 Å². The molecule has 0 saturated heterocycles. The zero-order valence-corrected chi connectivity index (χ0v) is 13.7. The summed E-state index contributed by atoms with van der Waals surface area (Å²) in [4.78, 5) is 17.0. The minimum absolute atomic E-state index is 0.00469. The molecule has 0 saturated carbocycles. The number of aromatic nitrogens is 2. The summed E-state index contributed by atoms with van der Waals surface area (Å²) < 4.78 is 30.4. The molecule has 0 atom stereocenters. The fourth-order valence-corrected chi connectivity index (χ4v) is 2.60. The van der Waals surface area contributed by atoms with E-state index in [1.807, 2.05) is 24.3 Å². The maximum atomic E-state index is 12.6. The summed E-state index contributed by atoms with van der Waals surface area (Å²) >= 11 is 0. The van der Waals surface area contributed by atoms with Crippen LogP contribution in [0.1, 0.15) is 10.4 Å². The predicted octanol–water partition coefficient (Wildman–Crippen LogP) is 2.92. The van der Waals surface area contributed by atoms with Crippen molar-refractivity contribution in [3.05, 3.63) is 54.1 Å². The molecule has 0 unspecified atom stereocenters. The highest BCUT2D eigenvalue weighted by Gasteiger charge is 2.15. The molecular formula is C18H17F2N3O3. The van der Waals surface area contributed by atoms with Gasteiger partial charge in [0.1, 0.15) is 5.75 Å². The summed E-state index contributed by atoms with van der Waals surface area (Å²) in [5.41, 5.74) is 1.87. The molecular weight excluding hydrogens is 344 g/mol. The number of carbonyl (C=O) groups excluding carboxylic acids is 1. The third-order valence-corrected chi connectivity index (χ3v) is 3.75. The van der Waals surface area contributed by atoms with Gasteiger partial charge in [0.2, 0.25) is 5.95 Å². The van der Waals surface area contributed by atoms with Crippen LogP contribution in [-0.2, 0) is 6.54 Å². The SMILES string of the molecule is O=C(Cn1c(NCCO)nc2ccccc21)c1ccc(OC(F)F)cc1. The Morgan fingerprint density at radius 2 is 1.92 bits per heavy atom. The molecule has 3 rings (SSSR count). The van der Waals surface area contributed by atoms with Gasteiger partial charge < -0.3 is 19.7 Å². The zero-order chi connectivity index (χ0) is 18.5. The Morgan fingerprint density at radius 3 is 2.62 bits per heavy atom. The number of ether oxygens (including phenoxy) is 1. The number of halogens is 2. The summed E-state index contributed by atoms with van der Waals surface area (Å²) in [6.07, 6.45) is 0. The van der Waals surface area contributed by atoms with Gasteiger partial charge in [-0.2, -0.15) is 8.78 Å². The van der Waals surface area contributed by atoms with Crippen LogP contribution in [0.4, 0.5) is 14.7 Å². The molecule has 0 aliphatic carbocycles. The number of rotatable bonds is 8. The van der Waals surface area contributed by atoms with E-state index < -0.39 is 6.61 Å². The molecule has 136 valence electrons. The number of aliphatic hydroxyl groups excluding tert-OH is 1. The van der Waals surface area contributed by atoms with Crippen molar-refractivity contribution >= 4 is 22.8 Å². The van der Waals surface area contributed by atoms with Crippen LogP contribution in [0.25, 0.3) is 11.0 Å². The Morgan fingerprint density at radius 1 is 1.19 bits per heavy atom. The van der Waals surface area contributed by atoms with Crippen molar-refractivity contribution < 1.29 is 23.4 Å². The van der Waals surface area contributed by atoms with Gasteiger partial charge in [0.05, 0.1) is 24.2 Å². The maximum Gasteiger partial charge on any atom is 0.387 e. The van der Waals surface area contributed by atoms with Crippen LogP contribution in [-0.4, -0.2) is 40.2 Å². The molecule has 0 aliphatic rings. The molecule has 26 heavy (non-hydrogen) atoms. The number of fused-ring (bicyclic) bond motifs is 1. The van der Waals surface area contributed by atoms with Crippen molar-refractivity contribution in [1.29, 1.82) is 0 Å². The molecule has 0 fully saturated rings.